The number of rotatable bonds is 4. The van der Waals surface area contributed by atoms with Crippen LogP contribution in [0.15, 0.2) is 48.8 Å². The summed E-state index contributed by atoms with van der Waals surface area (Å²) in [6, 6.07) is 10.5. The van der Waals surface area contributed by atoms with E-state index in [2.05, 4.69) is 15.6 Å². The smallest absolute Gasteiger partial charge is 0.255 e. The number of hydrogen-bond acceptors (Lipinski definition) is 4. The Morgan fingerprint density at radius 1 is 1.04 bits per heavy atom. The van der Waals surface area contributed by atoms with Crippen LogP contribution in [0, 0.1) is 5.92 Å². The van der Waals surface area contributed by atoms with Crippen molar-refractivity contribution in [2.45, 2.75) is 25.3 Å². The minimum atomic E-state index is -0.220. The molecule has 124 valence electrons. The molecule has 1 aromatic heterocycles. The summed E-state index contributed by atoms with van der Waals surface area (Å²) in [6.45, 7) is 0. The van der Waals surface area contributed by atoms with Crippen molar-refractivity contribution >= 4 is 23.2 Å². The largest absolute Gasteiger partial charge is 0.328 e. The lowest BCUT2D eigenvalue weighted by Gasteiger charge is -2.12. The van der Waals surface area contributed by atoms with Gasteiger partial charge < -0.3 is 16.4 Å². The predicted molar refractivity (Wildman–Crippen MR) is 92.6 cm³/mol. The first kappa shape index (κ1) is 16.1. The van der Waals surface area contributed by atoms with Crippen LogP contribution in [0.1, 0.15) is 29.6 Å². The van der Waals surface area contributed by atoms with Crippen LogP contribution in [0.2, 0.25) is 0 Å². The first-order valence-corrected chi connectivity index (χ1v) is 8.00. The molecule has 1 aliphatic rings. The van der Waals surface area contributed by atoms with Gasteiger partial charge in [-0.15, -0.1) is 0 Å². The Labute approximate surface area is 140 Å². The van der Waals surface area contributed by atoms with E-state index < -0.39 is 0 Å². The van der Waals surface area contributed by atoms with E-state index in [9.17, 15) is 9.59 Å². The highest BCUT2D eigenvalue weighted by Gasteiger charge is 2.27. The summed E-state index contributed by atoms with van der Waals surface area (Å²) in [5.41, 5.74) is 7.67. The topological polar surface area (TPSA) is 97.1 Å². The fourth-order valence-electron chi connectivity index (χ4n) is 2.88. The Morgan fingerprint density at radius 2 is 1.75 bits per heavy atom. The van der Waals surface area contributed by atoms with Crippen molar-refractivity contribution in [1.29, 1.82) is 0 Å². The lowest BCUT2D eigenvalue weighted by atomic mass is 10.1. The SMILES string of the molecule is NC1CCC(C(=O)Nc2cccc(NC(=O)c3ccncc3)c2)C1. The van der Waals surface area contributed by atoms with E-state index in [0.717, 1.165) is 19.3 Å². The zero-order valence-electron chi connectivity index (χ0n) is 13.2. The molecular formula is C18H20N4O2. The molecule has 0 spiro atoms. The molecule has 2 unspecified atom stereocenters. The average Bonchev–Trinajstić information content (AvgIpc) is 3.02. The van der Waals surface area contributed by atoms with Gasteiger partial charge in [-0.2, -0.15) is 0 Å². The maximum Gasteiger partial charge on any atom is 0.255 e. The summed E-state index contributed by atoms with van der Waals surface area (Å²) in [5.74, 6) is -0.265. The molecule has 4 N–H and O–H groups in total. The van der Waals surface area contributed by atoms with Gasteiger partial charge in [0.25, 0.3) is 5.91 Å². The molecule has 0 bridgehead atoms. The van der Waals surface area contributed by atoms with Gasteiger partial charge in [0.15, 0.2) is 0 Å². The van der Waals surface area contributed by atoms with E-state index in [1.165, 1.54) is 0 Å². The maximum atomic E-state index is 12.3. The molecule has 2 amide bonds. The molecule has 0 aliphatic heterocycles. The van der Waals surface area contributed by atoms with Gasteiger partial charge in [0.2, 0.25) is 5.91 Å². The van der Waals surface area contributed by atoms with E-state index in [-0.39, 0.29) is 23.8 Å². The van der Waals surface area contributed by atoms with Gasteiger partial charge in [-0.1, -0.05) is 6.07 Å². The zero-order valence-corrected chi connectivity index (χ0v) is 13.2. The van der Waals surface area contributed by atoms with Crippen molar-refractivity contribution in [1.82, 2.24) is 4.98 Å². The van der Waals surface area contributed by atoms with Crippen LogP contribution in [-0.4, -0.2) is 22.8 Å². The highest BCUT2D eigenvalue weighted by atomic mass is 16.2. The number of amides is 2. The molecule has 1 aromatic carbocycles. The van der Waals surface area contributed by atoms with E-state index >= 15 is 0 Å². The van der Waals surface area contributed by atoms with Crippen LogP contribution >= 0.6 is 0 Å². The third-order valence-corrected chi connectivity index (χ3v) is 4.17. The Morgan fingerprint density at radius 3 is 2.42 bits per heavy atom. The third kappa shape index (κ3) is 3.97. The fraction of sp³-hybridized carbons (Fsp3) is 0.278. The molecule has 1 fully saturated rings. The molecule has 2 aromatic rings. The van der Waals surface area contributed by atoms with Gasteiger partial charge in [-0.25, -0.2) is 0 Å². The number of pyridine rings is 1. The minimum Gasteiger partial charge on any atom is -0.328 e. The van der Waals surface area contributed by atoms with Gasteiger partial charge >= 0.3 is 0 Å². The average molecular weight is 324 g/mol. The first-order valence-electron chi connectivity index (χ1n) is 8.00. The van der Waals surface area contributed by atoms with Crippen LogP contribution < -0.4 is 16.4 Å². The van der Waals surface area contributed by atoms with Crippen molar-refractivity contribution < 1.29 is 9.59 Å². The van der Waals surface area contributed by atoms with Crippen LogP contribution in [0.25, 0.3) is 0 Å². The molecule has 0 saturated heterocycles. The summed E-state index contributed by atoms with van der Waals surface area (Å²) in [6.07, 6.45) is 5.58. The number of benzene rings is 1. The van der Waals surface area contributed by atoms with Crippen molar-refractivity contribution in [2.24, 2.45) is 11.7 Å². The number of nitrogens with two attached hydrogens (primary N) is 1. The second kappa shape index (κ2) is 7.23. The monoisotopic (exact) mass is 324 g/mol. The lowest BCUT2D eigenvalue weighted by Crippen LogP contribution is -2.23. The van der Waals surface area contributed by atoms with Gasteiger partial charge in [0, 0.05) is 41.3 Å². The first-order chi connectivity index (χ1) is 11.6. The Bertz CT molecular complexity index is 733. The van der Waals surface area contributed by atoms with Crippen LogP contribution in [0.5, 0.6) is 0 Å². The highest BCUT2D eigenvalue weighted by molar-refractivity contribution is 6.04. The van der Waals surface area contributed by atoms with Crippen molar-refractivity contribution in [3.05, 3.63) is 54.4 Å². The Balaban J connectivity index is 1.64. The standard InChI is InChI=1S/C18H20N4O2/c19-14-5-4-13(10-14)18(24)22-16-3-1-2-15(11-16)21-17(23)12-6-8-20-9-7-12/h1-3,6-9,11,13-14H,4-5,10,19H2,(H,21,23)(H,22,24). The molecule has 24 heavy (non-hydrogen) atoms. The molecule has 1 heterocycles. The molecule has 0 radical (unpaired) electrons. The molecule has 1 aliphatic carbocycles. The molecule has 6 heteroatoms. The maximum absolute atomic E-state index is 12.3. The van der Waals surface area contributed by atoms with Crippen LogP contribution in [0.3, 0.4) is 0 Å². The number of aromatic nitrogens is 1. The summed E-state index contributed by atoms with van der Waals surface area (Å²) in [4.78, 5) is 28.3. The summed E-state index contributed by atoms with van der Waals surface area (Å²) in [7, 11) is 0. The van der Waals surface area contributed by atoms with Crippen molar-refractivity contribution in [2.75, 3.05) is 10.6 Å². The number of carbonyl (C=O) groups excluding carboxylic acids is 2. The van der Waals surface area contributed by atoms with E-state index in [0.29, 0.717) is 16.9 Å². The van der Waals surface area contributed by atoms with E-state index in [1.54, 1.807) is 48.8 Å². The molecule has 1 saturated carbocycles. The van der Waals surface area contributed by atoms with Crippen LogP contribution in [-0.2, 0) is 4.79 Å². The summed E-state index contributed by atoms with van der Waals surface area (Å²) >= 11 is 0. The quantitative estimate of drug-likeness (QED) is 0.804. The second-order valence-electron chi connectivity index (χ2n) is 6.03. The van der Waals surface area contributed by atoms with Gasteiger partial charge in [-0.05, 0) is 49.6 Å². The van der Waals surface area contributed by atoms with E-state index in [4.69, 9.17) is 5.73 Å². The molecule has 2 atom stereocenters. The van der Waals surface area contributed by atoms with Crippen LogP contribution in [0.4, 0.5) is 11.4 Å². The Kier molecular flexibility index (Phi) is 4.86. The fourth-order valence-corrected chi connectivity index (χ4v) is 2.88. The summed E-state index contributed by atoms with van der Waals surface area (Å²) < 4.78 is 0. The normalized spacial score (nSPS) is 19.7. The number of nitrogens with one attached hydrogen (secondary N) is 2. The van der Waals surface area contributed by atoms with Gasteiger partial charge in [0.05, 0.1) is 0 Å². The zero-order chi connectivity index (χ0) is 16.9. The predicted octanol–water partition coefficient (Wildman–Crippen LogP) is 2.40. The van der Waals surface area contributed by atoms with Crippen molar-refractivity contribution in [3.8, 4) is 0 Å². The molecule has 6 nitrogen and oxygen atoms in total. The summed E-state index contributed by atoms with van der Waals surface area (Å²) in [5, 5.41) is 5.71. The number of carbonyl (C=O) groups is 2. The molecular weight excluding hydrogens is 304 g/mol. The van der Waals surface area contributed by atoms with Gasteiger partial charge in [0.1, 0.15) is 0 Å². The second-order valence-corrected chi connectivity index (χ2v) is 6.03. The lowest BCUT2D eigenvalue weighted by molar-refractivity contribution is -0.119. The van der Waals surface area contributed by atoms with Gasteiger partial charge in [-0.3, -0.25) is 14.6 Å². The Hall–Kier alpha value is -2.73. The van der Waals surface area contributed by atoms with E-state index in [1.807, 2.05) is 0 Å². The minimum absolute atomic E-state index is 0.0134. The molecule has 3 rings (SSSR count). The third-order valence-electron chi connectivity index (χ3n) is 4.17. The highest BCUT2D eigenvalue weighted by Crippen LogP contribution is 2.26. The number of hydrogen-bond donors (Lipinski definition) is 3. The number of anilines is 2. The van der Waals surface area contributed by atoms with Crippen molar-refractivity contribution in [3.63, 3.8) is 0 Å². The number of nitrogens with zero attached hydrogens (tertiary/aromatic N) is 1.